The summed E-state index contributed by atoms with van der Waals surface area (Å²) in [7, 11) is 0. The molecule has 18 heavy (non-hydrogen) atoms. The Morgan fingerprint density at radius 1 is 1.33 bits per heavy atom. The van der Waals surface area contributed by atoms with Gasteiger partial charge in [0.25, 0.3) is 0 Å². The predicted octanol–water partition coefficient (Wildman–Crippen LogP) is 3.06. The van der Waals surface area contributed by atoms with Crippen LogP contribution in [0.2, 0.25) is 0 Å². The predicted molar refractivity (Wildman–Crippen MR) is 65.6 cm³/mol. The molecule has 0 aliphatic carbocycles. The third kappa shape index (κ3) is 2.71. The molecule has 4 heteroatoms. The van der Waals surface area contributed by atoms with Crippen LogP contribution in [0.4, 0.5) is 4.39 Å². The Balaban J connectivity index is 2.41. The topological polar surface area (TPSA) is 39.2 Å². The molecule has 2 rings (SSSR count). The van der Waals surface area contributed by atoms with Crippen LogP contribution in [0.1, 0.15) is 17.3 Å². The van der Waals surface area contributed by atoms with Crippen molar-refractivity contribution in [2.75, 3.05) is 6.61 Å². The second-order valence-electron chi connectivity index (χ2n) is 3.69. The molecular formula is C14H12FNO2. The molecule has 0 atom stereocenters. The minimum Gasteiger partial charge on any atom is -0.462 e. The van der Waals surface area contributed by atoms with Crippen LogP contribution in [0.15, 0.2) is 42.7 Å². The molecule has 0 radical (unpaired) electrons. The zero-order valence-electron chi connectivity index (χ0n) is 9.89. The fourth-order valence-corrected chi connectivity index (χ4v) is 1.62. The van der Waals surface area contributed by atoms with Crippen LogP contribution in [0.5, 0.6) is 0 Å². The smallest absolute Gasteiger partial charge is 0.338 e. The Hall–Kier alpha value is -2.23. The first-order valence-electron chi connectivity index (χ1n) is 5.59. The molecule has 0 saturated carbocycles. The van der Waals surface area contributed by atoms with Gasteiger partial charge in [-0.1, -0.05) is 6.07 Å². The van der Waals surface area contributed by atoms with E-state index in [-0.39, 0.29) is 12.2 Å². The first-order valence-corrected chi connectivity index (χ1v) is 5.59. The van der Waals surface area contributed by atoms with Gasteiger partial charge in [-0.15, -0.1) is 0 Å². The number of halogens is 1. The van der Waals surface area contributed by atoms with E-state index in [1.165, 1.54) is 6.07 Å². The number of rotatable bonds is 3. The number of hydrogen-bond acceptors (Lipinski definition) is 3. The Morgan fingerprint density at radius 3 is 2.83 bits per heavy atom. The molecule has 0 spiro atoms. The van der Waals surface area contributed by atoms with Crippen molar-refractivity contribution >= 4 is 5.97 Å². The molecule has 0 fully saturated rings. The maximum Gasteiger partial charge on any atom is 0.338 e. The van der Waals surface area contributed by atoms with E-state index in [0.29, 0.717) is 5.56 Å². The second-order valence-corrected chi connectivity index (χ2v) is 3.69. The summed E-state index contributed by atoms with van der Waals surface area (Å²) in [6.45, 7) is 1.97. The van der Waals surface area contributed by atoms with Crippen LogP contribution in [0, 0.1) is 5.82 Å². The fourth-order valence-electron chi connectivity index (χ4n) is 1.62. The standard InChI is InChI=1S/C14H12FNO2/c1-2-18-14(17)12-6-11(7-13(15)8-12)10-4-3-5-16-9-10/h3-9H,2H2,1H3. The number of esters is 1. The molecule has 2 aromatic rings. The third-order valence-corrected chi connectivity index (χ3v) is 2.40. The van der Waals surface area contributed by atoms with Gasteiger partial charge in [0.15, 0.2) is 0 Å². The molecule has 0 saturated heterocycles. The second kappa shape index (κ2) is 5.40. The minimum atomic E-state index is -0.526. The summed E-state index contributed by atoms with van der Waals surface area (Å²) in [4.78, 5) is 15.5. The van der Waals surface area contributed by atoms with Gasteiger partial charge in [0.05, 0.1) is 12.2 Å². The normalized spacial score (nSPS) is 10.1. The lowest BCUT2D eigenvalue weighted by Gasteiger charge is -2.05. The van der Waals surface area contributed by atoms with E-state index < -0.39 is 11.8 Å². The summed E-state index contributed by atoms with van der Waals surface area (Å²) in [5, 5.41) is 0. The van der Waals surface area contributed by atoms with Gasteiger partial charge >= 0.3 is 5.97 Å². The number of ether oxygens (including phenoxy) is 1. The van der Waals surface area contributed by atoms with Gasteiger partial charge in [-0.25, -0.2) is 9.18 Å². The van der Waals surface area contributed by atoms with Crippen molar-refractivity contribution in [3.05, 3.63) is 54.1 Å². The zero-order valence-corrected chi connectivity index (χ0v) is 9.89. The number of nitrogens with zero attached hydrogens (tertiary/aromatic N) is 1. The van der Waals surface area contributed by atoms with Crippen molar-refractivity contribution < 1.29 is 13.9 Å². The SMILES string of the molecule is CCOC(=O)c1cc(F)cc(-c2cccnc2)c1. The highest BCUT2D eigenvalue weighted by atomic mass is 19.1. The van der Waals surface area contributed by atoms with Gasteiger partial charge in [0, 0.05) is 18.0 Å². The Morgan fingerprint density at radius 2 is 2.17 bits per heavy atom. The van der Waals surface area contributed by atoms with E-state index in [1.807, 2.05) is 0 Å². The molecule has 1 heterocycles. The Bertz CT molecular complexity index is 555. The number of hydrogen-bond donors (Lipinski definition) is 0. The fraction of sp³-hybridized carbons (Fsp3) is 0.143. The van der Waals surface area contributed by atoms with Gasteiger partial charge in [0.1, 0.15) is 5.82 Å². The maximum atomic E-state index is 13.5. The van der Waals surface area contributed by atoms with E-state index in [1.54, 1.807) is 37.5 Å². The third-order valence-electron chi connectivity index (χ3n) is 2.40. The minimum absolute atomic E-state index is 0.204. The molecule has 1 aromatic carbocycles. The first kappa shape index (κ1) is 12.2. The maximum absolute atomic E-state index is 13.5. The van der Waals surface area contributed by atoms with Gasteiger partial charge in [-0.2, -0.15) is 0 Å². The van der Waals surface area contributed by atoms with Crippen molar-refractivity contribution in [1.82, 2.24) is 4.98 Å². The van der Waals surface area contributed by atoms with Crippen LogP contribution in [-0.2, 0) is 4.74 Å². The van der Waals surface area contributed by atoms with Crippen molar-refractivity contribution in [2.24, 2.45) is 0 Å². The Kier molecular flexibility index (Phi) is 3.67. The lowest BCUT2D eigenvalue weighted by atomic mass is 10.0. The molecule has 0 amide bonds. The van der Waals surface area contributed by atoms with Gasteiger partial charge < -0.3 is 4.74 Å². The van der Waals surface area contributed by atoms with Gasteiger partial charge in [-0.3, -0.25) is 4.98 Å². The quantitative estimate of drug-likeness (QED) is 0.780. The van der Waals surface area contributed by atoms with Crippen molar-refractivity contribution in [1.29, 1.82) is 0 Å². The first-order chi connectivity index (χ1) is 8.70. The number of aromatic nitrogens is 1. The average Bonchev–Trinajstić information content (AvgIpc) is 2.39. The molecular weight excluding hydrogens is 233 g/mol. The number of carbonyl (C=O) groups is 1. The van der Waals surface area contributed by atoms with E-state index in [9.17, 15) is 9.18 Å². The van der Waals surface area contributed by atoms with E-state index in [0.717, 1.165) is 11.6 Å². The highest BCUT2D eigenvalue weighted by Crippen LogP contribution is 2.21. The van der Waals surface area contributed by atoms with E-state index in [4.69, 9.17) is 4.74 Å². The van der Waals surface area contributed by atoms with E-state index in [2.05, 4.69) is 4.98 Å². The molecule has 92 valence electrons. The highest BCUT2D eigenvalue weighted by Gasteiger charge is 2.10. The van der Waals surface area contributed by atoms with Gasteiger partial charge in [0.2, 0.25) is 0 Å². The summed E-state index contributed by atoms with van der Waals surface area (Å²) in [5.74, 6) is -0.999. The van der Waals surface area contributed by atoms with Crippen LogP contribution in [0.3, 0.4) is 0 Å². The van der Waals surface area contributed by atoms with Crippen molar-refractivity contribution in [3.63, 3.8) is 0 Å². The van der Waals surface area contributed by atoms with Crippen LogP contribution in [0.25, 0.3) is 11.1 Å². The monoisotopic (exact) mass is 245 g/mol. The molecule has 0 unspecified atom stereocenters. The average molecular weight is 245 g/mol. The summed E-state index contributed by atoms with van der Waals surface area (Å²) < 4.78 is 18.3. The van der Waals surface area contributed by atoms with Gasteiger partial charge in [-0.05, 0) is 36.8 Å². The van der Waals surface area contributed by atoms with Crippen LogP contribution in [-0.4, -0.2) is 17.6 Å². The number of pyridine rings is 1. The molecule has 0 N–H and O–H groups in total. The summed E-state index contributed by atoms with van der Waals surface area (Å²) >= 11 is 0. The zero-order chi connectivity index (χ0) is 13.0. The Labute approximate surface area is 104 Å². The molecule has 0 aliphatic heterocycles. The van der Waals surface area contributed by atoms with E-state index >= 15 is 0 Å². The van der Waals surface area contributed by atoms with Crippen LogP contribution >= 0.6 is 0 Å². The number of benzene rings is 1. The highest BCUT2D eigenvalue weighted by molar-refractivity contribution is 5.91. The molecule has 1 aromatic heterocycles. The lowest BCUT2D eigenvalue weighted by molar-refractivity contribution is 0.0526. The molecule has 0 bridgehead atoms. The molecule has 0 aliphatic rings. The number of carbonyl (C=O) groups excluding carboxylic acids is 1. The molecule has 3 nitrogen and oxygen atoms in total. The van der Waals surface area contributed by atoms with Crippen molar-refractivity contribution in [3.8, 4) is 11.1 Å². The summed E-state index contributed by atoms with van der Waals surface area (Å²) in [6.07, 6.45) is 3.25. The largest absolute Gasteiger partial charge is 0.462 e. The lowest BCUT2D eigenvalue weighted by Crippen LogP contribution is -2.05. The summed E-state index contributed by atoms with van der Waals surface area (Å²) in [6, 6.07) is 7.68. The summed E-state index contributed by atoms with van der Waals surface area (Å²) in [5.41, 5.74) is 1.56. The van der Waals surface area contributed by atoms with Crippen molar-refractivity contribution in [2.45, 2.75) is 6.92 Å². The van der Waals surface area contributed by atoms with Crippen LogP contribution < -0.4 is 0 Å².